The molecule has 0 aliphatic heterocycles. The molecule has 0 aromatic carbocycles. The molecule has 0 unspecified atom stereocenters. The van der Waals surface area contributed by atoms with Crippen LogP contribution in [0.5, 0.6) is 0 Å². The number of carbonyl (C=O) groups is 1. The number of nitrogens with one attached hydrogen (secondary N) is 1. The quantitative estimate of drug-likeness (QED) is 0.673. The van der Waals surface area contributed by atoms with Crippen LogP contribution in [0.15, 0.2) is 12.4 Å². The summed E-state index contributed by atoms with van der Waals surface area (Å²) in [5.74, 6) is -0.0195. The smallest absolute Gasteiger partial charge is 0.271 e. The molecule has 1 heterocycles. The fraction of sp³-hybridized carbons (Fsp3) is 0.583. The van der Waals surface area contributed by atoms with Crippen LogP contribution in [-0.2, 0) is 4.74 Å². The van der Waals surface area contributed by atoms with Gasteiger partial charge in [-0.05, 0) is 12.8 Å². The van der Waals surface area contributed by atoms with Crippen molar-refractivity contribution in [2.75, 3.05) is 25.5 Å². The number of carbonyl (C=O) groups excluding carboxylic acids is 1. The fourth-order valence-electron chi connectivity index (χ4n) is 1.31. The summed E-state index contributed by atoms with van der Waals surface area (Å²) in [7, 11) is 0. The number of unbranched alkanes of at least 4 members (excludes halogenated alkanes) is 1. The molecule has 1 amide bonds. The summed E-state index contributed by atoms with van der Waals surface area (Å²) < 4.78 is 5.38. The van der Waals surface area contributed by atoms with Crippen LogP contribution in [0.2, 0.25) is 0 Å². The second-order valence-corrected chi connectivity index (χ2v) is 3.90. The normalized spacial score (nSPS) is 10.3. The molecule has 0 radical (unpaired) electrons. The molecule has 6 nitrogen and oxygen atoms in total. The van der Waals surface area contributed by atoms with E-state index in [-0.39, 0.29) is 17.4 Å². The van der Waals surface area contributed by atoms with Crippen LogP contribution < -0.4 is 11.1 Å². The van der Waals surface area contributed by atoms with Crippen molar-refractivity contribution in [1.82, 2.24) is 15.3 Å². The maximum Gasteiger partial charge on any atom is 0.271 e. The first-order valence-electron chi connectivity index (χ1n) is 6.17. The van der Waals surface area contributed by atoms with Gasteiger partial charge in [0.15, 0.2) is 0 Å². The van der Waals surface area contributed by atoms with Crippen molar-refractivity contribution in [3.05, 3.63) is 18.1 Å². The summed E-state index contributed by atoms with van der Waals surface area (Å²) in [5, 5.41) is 2.74. The summed E-state index contributed by atoms with van der Waals surface area (Å²) in [6, 6.07) is 0. The van der Waals surface area contributed by atoms with E-state index in [1.165, 1.54) is 12.4 Å². The minimum absolute atomic E-state index is 0.238. The lowest BCUT2D eigenvalue weighted by molar-refractivity contribution is 0.0935. The third-order valence-electron chi connectivity index (χ3n) is 2.28. The number of aromatic nitrogens is 2. The molecule has 0 fully saturated rings. The predicted octanol–water partition coefficient (Wildman–Crippen LogP) is 0.995. The van der Waals surface area contributed by atoms with Crippen molar-refractivity contribution in [2.24, 2.45) is 0 Å². The summed E-state index contributed by atoms with van der Waals surface area (Å²) in [4.78, 5) is 19.3. The summed E-state index contributed by atoms with van der Waals surface area (Å²) in [6.45, 7) is 4.12. The van der Waals surface area contributed by atoms with Gasteiger partial charge in [-0.1, -0.05) is 13.3 Å². The van der Waals surface area contributed by atoms with Gasteiger partial charge in [0.05, 0.1) is 12.4 Å². The second-order valence-electron chi connectivity index (χ2n) is 3.90. The van der Waals surface area contributed by atoms with Gasteiger partial charge in [-0.3, -0.25) is 9.78 Å². The first-order valence-corrected chi connectivity index (χ1v) is 6.17. The molecule has 0 aliphatic rings. The van der Waals surface area contributed by atoms with E-state index in [1.807, 2.05) is 0 Å². The highest BCUT2D eigenvalue weighted by Crippen LogP contribution is 1.97. The summed E-state index contributed by atoms with van der Waals surface area (Å²) in [6.07, 6.45) is 5.78. The summed E-state index contributed by atoms with van der Waals surface area (Å²) in [5.41, 5.74) is 5.68. The van der Waals surface area contributed by atoms with E-state index in [0.29, 0.717) is 13.2 Å². The number of nitrogens with two attached hydrogens (primary N) is 1. The zero-order valence-corrected chi connectivity index (χ0v) is 10.7. The Kier molecular flexibility index (Phi) is 6.71. The van der Waals surface area contributed by atoms with Crippen LogP contribution in [0.3, 0.4) is 0 Å². The number of nitrogen functional groups attached to an aromatic ring is 1. The Morgan fingerprint density at radius 3 is 2.89 bits per heavy atom. The van der Waals surface area contributed by atoms with Crippen LogP contribution in [0.4, 0.5) is 5.82 Å². The highest BCUT2D eigenvalue weighted by atomic mass is 16.5. The Morgan fingerprint density at radius 1 is 1.39 bits per heavy atom. The van der Waals surface area contributed by atoms with Crippen LogP contribution in [0, 0.1) is 0 Å². The molecule has 1 aromatic heterocycles. The van der Waals surface area contributed by atoms with Crippen molar-refractivity contribution in [2.45, 2.75) is 26.2 Å². The summed E-state index contributed by atoms with van der Waals surface area (Å²) >= 11 is 0. The molecule has 0 spiro atoms. The van der Waals surface area contributed by atoms with Gasteiger partial charge in [0.2, 0.25) is 0 Å². The van der Waals surface area contributed by atoms with Crippen LogP contribution in [-0.4, -0.2) is 35.6 Å². The molecule has 0 saturated carbocycles. The van der Waals surface area contributed by atoms with Gasteiger partial charge >= 0.3 is 0 Å². The number of amides is 1. The fourth-order valence-corrected chi connectivity index (χ4v) is 1.31. The van der Waals surface area contributed by atoms with Gasteiger partial charge in [0.25, 0.3) is 5.91 Å². The van der Waals surface area contributed by atoms with E-state index in [2.05, 4.69) is 22.2 Å². The average Bonchev–Trinajstić information content (AvgIpc) is 2.37. The van der Waals surface area contributed by atoms with Crippen molar-refractivity contribution < 1.29 is 9.53 Å². The van der Waals surface area contributed by atoms with Crippen molar-refractivity contribution >= 4 is 11.7 Å². The first-order chi connectivity index (χ1) is 8.74. The Bertz CT molecular complexity index is 371. The molecule has 1 aromatic rings. The van der Waals surface area contributed by atoms with E-state index in [9.17, 15) is 4.79 Å². The zero-order chi connectivity index (χ0) is 13.2. The lowest BCUT2D eigenvalue weighted by atomic mass is 10.3. The Morgan fingerprint density at radius 2 is 2.17 bits per heavy atom. The Hall–Kier alpha value is -1.69. The van der Waals surface area contributed by atoms with Crippen molar-refractivity contribution in [3.8, 4) is 0 Å². The van der Waals surface area contributed by atoms with Gasteiger partial charge in [-0.25, -0.2) is 4.98 Å². The molecule has 6 heteroatoms. The molecule has 0 saturated heterocycles. The van der Waals surface area contributed by atoms with Gasteiger partial charge in [0.1, 0.15) is 11.5 Å². The van der Waals surface area contributed by atoms with Gasteiger partial charge in [-0.2, -0.15) is 0 Å². The van der Waals surface area contributed by atoms with Crippen molar-refractivity contribution in [1.29, 1.82) is 0 Å². The molecule has 18 heavy (non-hydrogen) atoms. The molecule has 0 atom stereocenters. The molecule has 3 N–H and O–H groups in total. The lowest BCUT2D eigenvalue weighted by Gasteiger charge is -2.05. The average molecular weight is 252 g/mol. The maximum atomic E-state index is 11.6. The number of nitrogens with zero attached hydrogens (tertiary/aromatic N) is 2. The van der Waals surface area contributed by atoms with Gasteiger partial charge in [-0.15, -0.1) is 0 Å². The standard InChI is InChI=1S/C12H20N4O2/c1-2-3-6-18-7-4-5-15-12(17)10-8-14-9-11(13)16-10/h8-9H,2-7H2,1H3,(H2,13,16)(H,15,17). The third-order valence-corrected chi connectivity index (χ3v) is 2.28. The second kappa shape index (κ2) is 8.41. The number of ether oxygens (including phenoxy) is 1. The number of rotatable bonds is 8. The largest absolute Gasteiger partial charge is 0.382 e. The topological polar surface area (TPSA) is 90.1 Å². The van der Waals surface area contributed by atoms with E-state index in [0.717, 1.165) is 25.9 Å². The van der Waals surface area contributed by atoms with Gasteiger partial charge < -0.3 is 15.8 Å². The maximum absolute atomic E-state index is 11.6. The van der Waals surface area contributed by atoms with Crippen LogP contribution in [0.25, 0.3) is 0 Å². The van der Waals surface area contributed by atoms with E-state index in [1.54, 1.807) is 0 Å². The monoisotopic (exact) mass is 252 g/mol. The number of anilines is 1. The van der Waals surface area contributed by atoms with E-state index >= 15 is 0 Å². The number of hydrogen-bond donors (Lipinski definition) is 2. The molecule has 0 bridgehead atoms. The highest BCUT2D eigenvalue weighted by Gasteiger charge is 2.06. The molecular weight excluding hydrogens is 232 g/mol. The van der Waals surface area contributed by atoms with E-state index in [4.69, 9.17) is 10.5 Å². The Labute approximate surface area is 107 Å². The third kappa shape index (κ3) is 5.58. The minimum atomic E-state index is -0.261. The number of hydrogen-bond acceptors (Lipinski definition) is 5. The van der Waals surface area contributed by atoms with Crippen LogP contribution >= 0.6 is 0 Å². The SMILES string of the molecule is CCCCOCCCNC(=O)c1cncc(N)n1. The minimum Gasteiger partial charge on any atom is -0.382 e. The molecule has 1 rings (SSSR count). The Balaban J connectivity index is 2.14. The van der Waals surface area contributed by atoms with Crippen LogP contribution in [0.1, 0.15) is 36.7 Å². The molecule has 0 aliphatic carbocycles. The van der Waals surface area contributed by atoms with Gasteiger partial charge in [0, 0.05) is 19.8 Å². The molecular formula is C12H20N4O2. The first kappa shape index (κ1) is 14.4. The highest BCUT2D eigenvalue weighted by molar-refractivity contribution is 5.92. The zero-order valence-electron chi connectivity index (χ0n) is 10.7. The predicted molar refractivity (Wildman–Crippen MR) is 69.1 cm³/mol. The molecule has 100 valence electrons. The van der Waals surface area contributed by atoms with E-state index < -0.39 is 0 Å². The lowest BCUT2D eigenvalue weighted by Crippen LogP contribution is -2.26. The van der Waals surface area contributed by atoms with Crippen molar-refractivity contribution in [3.63, 3.8) is 0 Å².